The molecule has 0 spiro atoms. The van der Waals surface area contributed by atoms with Crippen LogP contribution < -0.4 is 0 Å². The van der Waals surface area contributed by atoms with E-state index in [4.69, 9.17) is 18.8 Å². The maximum Gasteiger partial charge on any atom is 0.160 e. The molecule has 5 heteroatoms. The summed E-state index contributed by atoms with van der Waals surface area (Å²) in [6.45, 7) is 0. The van der Waals surface area contributed by atoms with E-state index in [0.29, 0.717) is 5.82 Å². The highest BCUT2D eigenvalue weighted by Crippen LogP contribution is 2.43. The molecule has 0 unspecified atom stereocenters. The summed E-state index contributed by atoms with van der Waals surface area (Å²) in [5, 5.41) is 4.30. The van der Waals surface area contributed by atoms with Gasteiger partial charge in [-0.25, -0.2) is 9.97 Å². The Morgan fingerprint density at radius 2 is 1.00 bits per heavy atom. The molecular formula is C45H27N3O2. The zero-order chi connectivity index (χ0) is 33.0. The number of pyridine rings is 1. The maximum atomic E-state index is 6.71. The summed E-state index contributed by atoms with van der Waals surface area (Å²) in [4.78, 5) is 14.4. The van der Waals surface area contributed by atoms with Crippen molar-refractivity contribution in [2.24, 2.45) is 0 Å². The quantitative estimate of drug-likeness (QED) is 0.187. The monoisotopic (exact) mass is 641 g/mol. The van der Waals surface area contributed by atoms with Crippen molar-refractivity contribution in [1.82, 2.24) is 15.0 Å². The average molecular weight is 642 g/mol. The lowest BCUT2D eigenvalue weighted by molar-refractivity contribution is 0.669. The highest BCUT2D eigenvalue weighted by atomic mass is 16.3. The van der Waals surface area contributed by atoms with E-state index in [-0.39, 0.29) is 0 Å². The molecule has 0 fully saturated rings. The molecule has 0 atom stereocenters. The van der Waals surface area contributed by atoms with Crippen molar-refractivity contribution >= 4 is 43.9 Å². The maximum absolute atomic E-state index is 6.71. The Kier molecular flexibility index (Phi) is 6.42. The van der Waals surface area contributed by atoms with E-state index >= 15 is 0 Å². The first-order valence-electron chi connectivity index (χ1n) is 16.6. The van der Waals surface area contributed by atoms with Crippen molar-refractivity contribution < 1.29 is 8.83 Å². The second-order valence-corrected chi connectivity index (χ2v) is 12.4. The van der Waals surface area contributed by atoms with Crippen LogP contribution in [0.5, 0.6) is 0 Å². The van der Waals surface area contributed by atoms with E-state index in [2.05, 4.69) is 89.9 Å². The van der Waals surface area contributed by atoms with Crippen LogP contribution in [0, 0.1) is 0 Å². The molecule has 0 aliphatic heterocycles. The summed E-state index contributed by atoms with van der Waals surface area (Å²) >= 11 is 0. The second-order valence-electron chi connectivity index (χ2n) is 12.4. The number of hydrogen-bond donors (Lipinski definition) is 0. The number of rotatable bonds is 5. The van der Waals surface area contributed by atoms with Crippen molar-refractivity contribution in [3.8, 4) is 56.2 Å². The number of furan rings is 2. The largest absolute Gasteiger partial charge is 0.456 e. The minimum atomic E-state index is 0.655. The van der Waals surface area contributed by atoms with Crippen LogP contribution in [0.4, 0.5) is 0 Å². The minimum Gasteiger partial charge on any atom is -0.456 e. The fourth-order valence-corrected chi connectivity index (χ4v) is 6.99. The molecule has 234 valence electrons. The molecular weight excluding hydrogens is 615 g/mol. The Morgan fingerprint density at radius 1 is 0.380 bits per heavy atom. The third-order valence-corrected chi connectivity index (χ3v) is 9.44. The molecule has 50 heavy (non-hydrogen) atoms. The molecule has 5 nitrogen and oxygen atoms in total. The van der Waals surface area contributed by atoms with Crippen molar-refractivity contribution in [3.63, 3.8) is 0 Å². The van der Waals surface area contributed by atoms with Gasteiger partial charge in [-0.15, -0.1) is 0 Å². The van der Waals surface area contributed by atoms with Gasteiger partial charge < -0.3 is 8.83 Å². The molecule has 0 bridgehead atoms. The normalized spacial score (nSPS) is 11.6. The highest BCUT2D eigenvalue weighted by molar-refractivity contribution is 6.17. The van der Waals surface area contributed by atoms with Crippen LogP contribution in [0.3, 0.4) is 0 Å². The van der Waals surface area contributed by atoms with E-state index in [1.807, 2.05) is 79.1 Å². The van der Waals surface area contributed by atoms with Gasteiger partial charge in [0.1, 0.15) is 22.3 Å². The SMILES string of the molecule is c1ccc(-c2nc(-c3ccc(-c4ccncc4)cc3)cc(-c3ccc(-c4ccc5oc6ccccc6c5c4)c4c3oc3ccccc34)n2)cc1. The average Bonchev–Trinajstić information content (AvgIpc) is 3.77. The van der Waals surface area contributed by atoms with Crippen LogP contribution in [0.1, 0.15) is 0 Å². The number of nitrogens with zero attached hydrogens (tertiary/aromatic N) is 3. The molecule has 10 rings (SSSR count). The van der Waals surface area contributed by atoms with Crippen molar-refractivity contribution in [1.29, 1.82) is 0 Å². The van der Waals surface area contributed by atoms with Crippen molar-refractivity contribution in [3.05, 3.63) is 164 Å². The fourth-order valence-electron chi connectivity index (χ4n) is 6.99. The molecule has 0 aliphatic carbocycles. The summed E-state index contributed by atoms with van der Waals surface area (Å²) in [6, 6.07) is 51.9. The summed E-state index contributed by atoms with van der Waals surface area (Å²) in [7, 11) is 0. The molecule has 0 saturated carbocycles. The van der Waals surface area contributed by atoms with E-state index < -0.39 is 0 Å². The molecule has 4 aromatic heterocycles. The standard InChI is InChI=1S/C45H27N3O2/c1-2-8-31(9-3-1)45-47-38(30-16-14-28(15-17-30)29-22-24-46-25-23-29)27-39(48-45)35-20-19-33(43-36-11-5-7-13-41(36)50-44(35)43)32-18-21-42-37(26-32)34-10-4-6-12-40(34)49-42/h1-27H. The van der Waals surface area contributed by atoms with Gasteiger partial charge in [0.2, 0.25) is 0 Å². The van der Waals surface area contributed by atoms with Gasteiger partial charge in [0.15, 0.2) is 5.82 Å². The third kappa shape index (κ3) is 4.67. The van der Waals surface area contributed by atoms with E-state index in [0.717, 1.165) is 94.2 Å². The van der Waals surface area contributed by atoms with Crippen LogP contribution in [0.25, 0.3) is 100 Å². The molecule has 4 heterocycles. The van der Waals surface area contributed by atoms with Gasteiger partial charge >= 0.3 is 0 Å². The van der Waals surface area contributed by atoms with Crippen LogP contribution in [-0.2, 0) is 0 Å². The third-order valence-electron chi connectivity index (χ3n) is 9.44. The fraction of sp³-hybridized carbons (Fsp3) is 0. The molecule has 0 saturated heterocycles. The number of hydrogen-bond acceptors (Lipinski definition) is 5. The Balaban J connectivity index is 1.18. The van der Waals surface area contributed by atoms with Gasteiger partial charge in [0.25, 0.3) is 0 Å². The Hall–Kier alpha value is -6.85. The first-order chi connectivity index (χ1) is 24.8. The number of para-hydroxylation sites is 2. The van der Waals surface area contributed by atoms with Crippen LogP contribution in [0.15, 0.2) is 173 Å². The first-order valence-corrected chi connectivity index (χ1v) is 16.6. The smallest absolute Gasteiger partial charge is 0.160 e. The summed E-state index contributed by atoms with van der Waals surface area (Å²) in [6.07, 6.45) is 3.63. The van der Waals surface area contributed by atoms with Gasteiger partial charge in [-0.05, 0) is 70.8 Å². The van der Waals surface area contributed by atoms with Crippen molar-refractivity contribution in [2.45, 2.75) is 0 Å². The summed E-state index contributed by atoms with van der Waals surface area (Å²) in [5.74, 6) is 0.655. The second kappa shape index (κ2) is 11.4. The molecule has 0 aliphatic rings. The van der Waals surface area contributed by atoms with Gasteiger partial charge in [0, 0.05) is 50.6 Å². The lowest BCUT2D eigenvalue weighted by Gasteiger charge is -2.12. The predicted octanol–water partition coefficient (Wildman–Crippen LogP) is 12.0. The highest BCUT2D eigenvalue weighted by Gasteiger charge is 2.20. The lowest BCUT2D eigenvalue weighted by atomic mass is 9.95. The first kappa shape index (κ1) is 28.2. The topological polar surface area (TPSA) is 65.0 Å². The van der Waals surface area contributed by atoms with Crippen LogP contribution in [0.2, 0.25) is 0 Å². The number of aromatic nitrogens is 3. The van der Waals surface area contributed by atoms with Gasteiger partial charge in [-0.3, -0.25) is 4.98 Å². The van der Waals surface area contributed by atoms with Crippen LogP contribution >= 0.6 is 0 Å². The van der Waals surface area contributed by atoms with E-state index in [1.165, 1.54) is 0 Å². The Labute approximate surface area is 287 Å². The summed E-state index contributed by atoms with van der Waals surface area (Å²) < 4.78 is 12.9. The van der Waals surface area contributed by atoms with Gasteiger partial charge in [-0.1, -0.05) is 103 Å². The Bertz CT molecular complexity index is 2850. The molecule has 0 radical (unpaired) electrons. The number of benzene rings is 6. The minimum absolute atomic E-state index is 0.655. The Morgan fingerprint density at radius 3 is 1.82 bits per heavy atom. The molecule has 0 N–H and O–H groups in total. The van der Waals surface area contributed by atoms with E-state index in [1.54, 1.807) is 0 Å². The molecule has 6 aromatic carbocycles. The van der Waals surface area contributed by atoms with Gasteiger partial charge in [-0.2, -0.15) is 0 Å². The summed E-state index contributed by atoms with van der Waals surface area (Å²) in [5.41, 5.74) is 12.3. The predicted molar refractivity (Wildman–Crippen MR) is 202 cm³/mol. The van der Waals surface area contributed by atoms with Crippen LogP contribution in [-0.4, -0.2) is 15.0 Å². The number of fused-ring (bicyclic) bond motifs is 6. The molecule has 0 amide bonds. The molecule has 10 aromatic rings. The lowest BCUT2D eigenvalue weighted by Crippen LogP contribution is -1.96. The zero-order valence-corrected chi connectivity index (χ0v) is 26.7. The van der Waals surface area contributed by atoms with E-state index in [9.17, 15) is 0 Å². The van der Waals surface area contributed by atoms with Gasteiger partial charge in [0.05, 0.1) is 11.4 Å². The zero-order valence-electron chi connectivity index (χ0n) is 26.7. The van der Waals surface area contributed by atoms with Crippen molar-refractivity contribution in [2.75, 3.05) is 0 Å².